The molecule has 160 valence electrons. The van der Waals surface area contributed by atoms with Crippen molar-refractivity contribution in [3.05, 3.63) is 41.2 Å². The number of nitrogens with zero attached hydrogens (tertiary/aromatic N) is 3. The molecule has 7 nitrogen and oxygen atoms in total. The van der Waals surface area contributed by atoms with Crippen molar-refractivity contribution < 1.29 is 13.2 Å². The number of aromatic nitrogens is 2. The predicted molar refractivity (Wildman–Crippen MR) is 115 cm³/mol. The second-order valence-electron chi connectivity index (χ2n) is 7.56. The van der Waals surface area contributed by atoms with Gasteiger partial charge in [0, 0.05) is 36.6 Å². The summed E-state index contributed by atoms with van der Waals surface area (Å²) in [7, 11) is -3.50. The van der Waals surface area contributed by atoms with Crippen LogP contribution in [0.4, 0.5) is 5.69 Å². The first-order valence-electron chi connectivity index (χ1n) is 10.0. The van der Waals surface area contributed by atoms with Crippen molar-refractivity contribution in [3.8, 4) is 0 Å². The summed E-state index contributed by atoms with van der Waals surface area (Å²) in [5.41, 5.74) is 3.37. The maximum Gasteiger partial charge on any atom is 0.243 e. The molecule has 2 aromatic rings. The first kappa shape index (κ1) is 23.1. The van der Waals surface area contributed by atoms with Gasteiger partial charge in [0.25, 0.3) is 0 Å². The van der Waals surface area contributed by atoms with Crippen LogP contribution in [0.15, 0.2) is 29.2 Å². The Bertz CT molecular complexity index is 943. The number of amides is 1. The van der Waals surface area contributed by atoms with E-state index in [9.17, 15) is 13.2 Å². The molecule has 1 amide bonds. The highest BCUT2D eigenvalue weighted by Crippen LogP contribution is 2.20. The van der Waals surface area contributed by atoms with Crippen LogP contribution in [0.5, 0.6) is 0 Å². The largest absolute Gasteiger partial charge is 0.326 e. The van der Waals surface area contributed by atoms with Gasteiger partial charge in [-0.2, -0.15) is 9.40 Å². The minimum Gasteiger partial charge on any atom is -0.326 e. The highest BCUT2D eigenvalue weighted by molar-refractivity contribution is 7.89. The highest BCUT2D eigenvalue weighted by Gasteiger charge is 2.21. The molecule has 0 unspecified atom stereocenters. The van der Waals surface area contributed by atoms with Gasteiger partial charge in [-0.1, -0.05) is 27.7 Å². The third kappa shape index (κ3) is 5.45. The molecule has 0 spiro atoms. The SMILES string of the molecule is CCN(CC)S(=O)(=O)c1ccc(NC(=O)Cc2c(C)nn(CC(C)C)c2C)cc1. The van der Waals surface area contributed by atoms with E-state index in [0.717, 1.165) is 23.5 Å². The van der Waals surface area contributed by atoms with Crippen molar-refractivity contribution in [2.75, 3.05) is 18.4 Å². The molecule has 2 rings (SSSR count). The monoisotopic (exact) mass is 420 g/mol. The van der Waals surface area contributed by atoms with Crippen molar-refractivity contribution in [3.63, 3.8) is 0 Å². The molecule has 0 saturated heterocycles. The number of carbonyl (C=O) groups excluding carboxylic acids is 1. The van der Waals surface area contributed by atoms with Gasteiger partial charge in [0.1, 0.15) is 0 Å². The Hall–Kier alpha value is -2.19. The molecule has 0 fully saturated rings. The summed E-state index contributed by atoms with van der Waals surface area (Å²) < 4.78 is 28.5. The first-order chi connectivity index (χ1) is 13.6. The predicted octanol–water partition coefficient (Wildman–Crippen LogP) is 3.37. The number of sulfonamides is 1. The lowest BCUT2D eigenvalue weighted by atomic mass is 10.1. The van der Waals surface area contributed by atoms with Crippen molar-refractivity contribution in [2.24, 2.45) is 5.92 Å². The Morgan fingerprint density at radius 3 is 2.24 bits per heavy atom. The lowest BCUT2D eigenvalue weighted by Crippen LogP contribution is -2.30. The second-order valence-corrected chi connectivity index (χ2v) is 9.50. The van der Waals surface area contributed by atoms with Crippen LogP contribution in [-0.4, -0.2) is 41.5 Å². The van der Waals surface area contributed by atoms with Crippen LogP contribution in [-0.2, 0) is 27.8 Å². The summed E-state index contributed by atoms with van der Waals surface area (Å²) in [5.74, 6) is 0.320. The van der Waals surface area contributed by atoms with Gasteiger partial charge in [-0.05, 0) is 44.0 Å². The lowest BCUT2D eigenvalue weighted by molar-refractivity contribution is -0.115. The minimum absolute atomic E-state index is 0.153. The highest BCUT2D eigenvalue weighted by atomic mass is 32.2. The van der Waals surface area contributed by atoms with Crippen molar-refractivity contribution in [2.45, 2.75) is 59.4 Å². The van der Waals surface area contributed by atoms with Crippen molar-refractivity contribution >= 4 is 21.6 Å². The zero-order valence-corrected chi connectivity index (χ0v) is 19.0. The van der Waals surface area contributed by atoms with Crippen LogP contribution in [0.2, 0.25) is 0 Å². The topological polar surface area (TPSA) is 84.3 Å². The number of rotatable bonds is 9. The molecular weight excluding hydrogens is 388 g/mol. The normalized spacial score (nSPS) is 12.0. The molecule has 1 aromatic carbocycles. The van der Waals surface area contributed by atoms with Crippen LogP contribution in [0.1, 0.15) is 44.6 Å². The fourth-order valence-electron chi connectivity index (χ4n) is 3.30. The number of nitrogens with one attached hydrogen (secondary N) is 1. The van der Waals surface area contributed by atoms with Crippen LogP contribution in [0.25, 0.3) is 0 Å². The summed E-state index contributed by atoms with van der Waals surface area (Å²) in [6.45, 7) is 13.4. The Kier molecular flexibility index (Phi) is 7.60. The summed E-state index contributed by atoms with van der Waals surface area (Å²) >= 11 is 0. The smallest absolute Gasteiger partial charge is 0.243 e. The van der Waals surface area contributed by atoms with E-state index in [1.807, 2.05) is 32.4 Å². The van der Waals surface area contributed by atoms with Gasteiger partial charge in [-0.25, -0.2) is 8.42 Å². The standard InChI is InChI=1S/C21H32N4O3S/c1-7-24(8-2)29(27,28)19-11-9-18(10-12-19)22-21(26)13-20-16(5)23-25(17(20)6)14-15(3)4/h9-12,15H,7-8,13-14H2,1-6H3,(H,22,26). The van der Waals surface area contributed by atoms with Crippen molar-refractivity contribution in [1.29, 1.82) is 0 Å². The van der Waals surface area contributed by atoms with Gasteiger partial charge in [0.15, 0.2) is 0 Å². The minimum atomic E-state index is -3.50. The van der Waals surface area contributed by atoms with Crippen LogP contribution in [0.3, 0.4) is 0 Å². The fraction of sp³-hybridized carbons (Fsp3) is 0.524. The van der Waals surface area contributed by atoms with Crippen molar-refractivity contribution in [1.82, 2.24) is 14.1 Å². The molecule has 0 aliphatic heterocycles. The van der Waals surface area contributed by atoms with E-state index in [2.05, 4.69) is 24.3 Å². The Morgan fingerprint density at radius 2 is 1.72 bits per heavy atom. The summed E-state index contributed by atoms with van der Waals surface area (Å²) in [6.07, 6.45) is 0.231. The van der Waals surface area contributed by atoms with E-state index in [0.29, 0.717) is 24.7 Å². The Labute approximate surface area is 174 Å². The molecule has 29 heavy (non-hydrogen) atoms. The van der Waals surface area contributed by atoms with E-state index >= 15 is 0 Å². The first-order valence-corrected chi connectivity index (χ1v) is 11.5. The second kappa shape index (κ2) is 9.54. The maximum atomic E-state index is 12.6. The maximum absolute atomic E-state index is 12.6. The fourth-order valence-corrected chi connectivity index (χ4v) is 4.76. The molecule has 1 N–H and O–H groups in total. The molecule has 1 aromatic heterocycles. The van der Waals surface area contributed by atoms with Crippen LogP contribution >= 0.6 is 0 Å². The average molecular weight is 421 g/mol. The number of benzene rings is 1. The van der Waals surface area contributed by atoms with Gasteiger partial charge in [-0.3, -0.25) is 9.48 Å². The third-order valence-electron chi connectivity index (χ3n) is 4.89. The molecular formula is C21H32N4O3S. The van der Waals surface area contributed by atoms with Gasteiger partial charge < -0.3 is 5.32 Å². The zero-order chi connectivity index (χ0) is 21.8. The van der Waals surface area contributed by atoms with Gasteiger partial charge in [-0.15, -0.1) is 0 Å². The van der Waals surface area contributed by atoms with E-state index in [1.165, 1.54) is 16.4 Å². The Balaban J connectivity index is 2.10. The summed E-state index contributed by atoms with van der Waals surface area (Å²) in [5, 5.41) is 7.39. The van der Waals surface area contributed by atoms with E-state index in [4.69, 9.17) is 0 Å². The number of hydrogen-bond acceptors (Lipinski definition) is 4. The summed E-state index contributed by atoms with van der Waals surface area (Å²) in [6, 6.07) is 6.30. The molecule has 0 saturated carbocycles. The molecule has 8 heteroatoms. The molecule has 1 heterocycles. The molecule has 0 aliphatic carbocycles. The molecule has 0 aliphatic rings. The number of hydrogen-bond donors (Lipinski definition) is 1. The van der Waals surface area contributed by atoms with E-state index in [-0.39, 0.29) is 17.2 Å². The Morgan fingerprint density at radius 1 is 1.14 bits per heavy atom. The molecule has 0 bridgehead atoms. The number of anilines is 1. The van der Waals surface area contributed by atoms with Crippen LogP contribution in [0, 0.1) is 19.8 Å². The number of carbonyl (C=O) groups is 1. The zero-order valence-electron chi connectivity index (χ0n) is 18.2. The number of aryl methyl sites for hydroxylation is 1. The van der Waals surface area contributed by atoms with E-state index < -0.39 is 10.0 Å². The summed E-state index contributed by atoms with van der Waals surface area (Å²) in [4.78, 5) is 12.7. The lowest BCUT2D eigenvalue weighted by Gasteiger charge is -2.18. The van der Waals surface area contributed by atoms with E-state index in [1.54, 1.807) is 12.1 Å². The molecule has 0 atom stereocenters. The van der Waals surface area contributed by atoms with Gasteiger partial charge >= 0.3 is 0 Å². The molecule has 0 radical (unpaired) electrons. The quantitative estimate of drug-likeness (QED) is 0.674. The van der Waals surface area contributed by atoms with Gasteiger partial charge in [0.2, 0.25) is 15.9 Å². The third-order valence-corrected chi connectivity index (χ3v) is 6.95. The average Bonchev–Trinajstić information content (AvgIpc) is 2.89. The van der Waals surface area contributed by atoms with Crippen LogP contribution < -0.4 is 5.32 Å². The van der Waals surface area contributed by atoms with Gasteiger partial charge in [0.05, 0.1) is 17.0 Å².